The van der Waals surface area contributed by atoms with Crippen LogP contribution in [0.1, 0.15) is 46.1 Å². The Morgan fingerprint density at radius 2 is 1.81 bits per heavy atom. The first-order valence-electron chi connectivity index (χ1n) is 7.89. The summed E-state index contributed by atoms with van der Waals surface area (Å²) in [5.74, 6) is -2.30. The normalized spacial score (nSPS) is 21.7. The molecule has 3 heteroatoms. The van der Waals surface area contributed by atoms with E-state index in [9.17, 15) is 8.78 Å². The molecule has 0 nitrogen and oxygen atoms in total. The molecule has 0 aliphatic carbocycles. The molecule has 0 amide bonds. The SMILES string of the molecule is [2H]C1([2H])Sc2ccccc2[C@@H](C(C)(C)C)c2ccc(F)c(F)c21. The molecule has 0 unspecified atom stereocenters. The molecule has 110 valence electrons. The van der Waals surface area contributed by atoms with Crippen molar-refractivity contribution in [1.82, 2.24) is 0 Å². The summed E-state index contributed by atoms with van der Waals surface area (Å²) in [6.07, 6.45) is 0. The maximum Gasteiger partial charge on any atom is 0.163 e. The molecule has 3 rings (SSSR count). The molecule has 1 atom stereocenters. The zero-order chi connectivity index (χ0) is 17.0. The van der Waals surface area contributed by atoms with Gasteiger partial charge in [0, 0.05) is 24.8 Å². The van der Waals surface area contributed by atoms with Crippen LogP contribution in [0.3, 0.4) is 0 Å². The third-order valence-corrected chi connectivity index (χ3v) is 4.70. The van der Waals surface area contributed by atoms with Crippen molar-refractivity contribution in [3.05, 3.63) is 64.7 Å². The first kappa shape index (κ1) is 12.2. The predicted octanol–water partition coefficient (Wildman–Crippen LogP) is 5.75. The molecule has 0 saturated carbocycles. The first-order chi connectivity index (χ1) is 10.6. The maximum absolute atomic E-state index is 14.5. The van der Waals surface area contributed by atoms with E-state index in [-0.39, 0.29) is 16.9 Å². The number of fused-ring (bicyclic) bond motifs is 2. The summed E-state index contributed by atoms with van der Waals surface area (Å²) < 4.78 is 45.0. The van der Waals surface area contributed by atoms with Gasteiger partial charge in [0.2, 0.25) is 0 Å². The summed E-state index contributed by atoms with van der Waals surface area (Å²) in [6, 6.07) is 10.2. The van der Waals surface area contributed by atoms with Gasteiger partial charge in [-0.15, -0.1) is 11.8 Å². The second-order valence-electron chi connectivity index (χ2n) is 6.37. The average molecular weight is 306 g/mol. The van der Waals surface area contributed by atoms with Crippen molar-refractivity contribution in [3.63, 3.8) is 0 Å². The van der Waals surface area contributed by atoms with Gasteiger partial charge in [-0.2, -0.15) is 0 Å². The average Bonchev–Trinajstić information content (AvgIpc) is 2.53. The van der Waals surface area contributed by atoms with Gasteiger partial charge in [0.15, 0.2) is 11.6 Å². The highest BCUT2D eigenvalue weighted by atomic mass is 32.2. The number of hydrogen-bond donors (Lipinski definition) is 0. The molecule has 2 aromatic rings. The molecule has 0 spiro atoms. The third-order valence-electron chi connectivity index (χ3n) is 3.80. The van der Waals surface area contributed by atoms with Crippen molar-refractivity contribution in [2.24, 2.45) is 5.41 Å². The number of halogens is 2. The lowest BCUT2D eigenvalue weighted by Crippen LogP contribution is -2.21. The molecule has 2 aromatic carbocycles. The van der Waals surface area contributed by atoms with Gasteiger partial charge in [-0.3, -0.25) is 0 Å². The number of benzene rings is 2. The third kappa shape index (κ3) is 2.48. The van der Waals surface area contributed by atoms with E-state index in [1.165, 1.54) is 6.07 Å². The molecule has 0 radical (unpaired) electrons. The highest BCUT2D eigenvalue weighted by molar-refractivity contribution is 7.98. The highest BCUT2D eigenvalue weighted by Crippen LogP contribution is 2.49. The Bertz CT molecular complexity index is 766. The number of hydrogen-bond acceptors (Lipinski definition) is 1. The molecule has 1 aliphatic heterocycles. The fraction of sp³-hybridized carbons (Fsp3) is 0.333. The molecule has 0 saturated heterocycles. The van der Waals surface area contributed by atoms with Crippen molar-refractivity contribution < 1.29 is 11.5 Å². The van der Waals surface area contributed by atoms with Gasteiger partial charge >= 0.3 is 0 Å². The van der Waals surface area contributed by atoms with E-state index in [0.29, 0.717) is 5.56 Å². The summed E-state index contributed by atoms with van der Waals surface area (Å²) in [7, 11) is 0. The maximum atomic E-state index is 14.5. The molecular formula is C18H18F2S. The highest BCUT2D eigenvalue weighted by Gasteiger charge is 2.34. The molecule has 0 bridgehead atoms. The van der Waals surface area contributed by atoms with Crippen LogP contribution >= 0.6 is 11.8 Å². The van der Waals surface area contributed by atoms with Crippen LogP contribution in [0.25, 0.3) is 0 Å². The van der Waals surface area contributed by atoms with Crippen LogP contribution in [0.5, 0.6) is 0 Å². The Morgan fingerprint density at radius 1 is 1.10 bits per heavy atom. The van der Waals surface area contributed by atoms with Crippen molar-refractivity contribution in [3.8, 4) is 0 Å². The van der Waals surface area contributed by atoms with E-state index < -0.39 is 17.3 Å². The van der Waals surface area contributed by atoms with Crippen molar-refractivity contribution >= 4 is 11.8 Å². The fourth-order valence-corrected chi connectivity index (χ4v) is 3.80. The number of rotatable bonds is 0. The lowest BCUT2D eigenvalue weighted by molar-refractivity contribution is 0.353. The molecule has 0 fully saturated rings. The van der Waals surface area contributed by atoms with Gasteiger partial charge in [0.25, 0.3) is 0 Å². The summed E-state index contributed by atoms with van der Waals surface area (Å²) in [5.41, 5.74) is -0.982. The van der Waals surface area contributed by atoms with Crippen LogP contribution < -0.4 is 0 Å². The van der Waals surface area contributed by atoms with E-state index >= 15 is 0 Å². The predicted molar refractivity (Wildman–Crippen MR) is 83.7 cm³/mol. The minimum atomic E-state index is -2.03. The molecule has 21 heavy (non-hydrogen) atoms. The Labute approximate surface area is 131 Å². The molecule has 0 aromatic heterocycles. The Kier molecular flexibility index (Phi) is 2.99. The zero-order valence-electron chi connectivity index (χ0n) is 14.2. The van der Waals surface area contributed by atoms with Gasteiger partial charge in [0.05, 0.1) is 0 Å². The Hall–Kier alpha value is -1.35. The van der Waals surface area contributed by atoms with Crippen LogP contribution in [0, 0.1) is 17.0 Å². The van der Waals surface area contributed by atoms with Crippen LogP contribution in [-0.4, -0.2) is 0 Å². The lowest BCUT2D eigenvalue weighted by Gasteiger charge is -2.32. The summed E-state index contributed by atoms with van der Waals surface area (Å²) in [5, 5.41) is 0. The van der Waals surface area contributed by atoms with E-state index in [4.69, 9.17) is 2.74 Å². The molecular weight excluding hydrogens is 286 g/mol. The van der Waals surface area contributed by atoms with Crippen molar-refractivity contribution in [1.29, 1.82) is 0 Å². The quantitative estimate of drug-likeness (QED) is 0.597. The second-order valence-corrected chi connectivity index (χ2v) is 7.21. The van der Waals surface area contributed by atoms with Crippen molar-refractivity contribution in [2.75, 3.05) is 0 Å². The van der Waals surface area contributed by atoms with Gasteiger partial charge in [-0.25, -0.2) is 8.78 Å². The van der Waals surface area contributed by atoms with E-state index in [1.54, 1.807) is 0 Å². The summed E-state index contributed by atoms with van der Waals surface area (Å²) in [4.78, 5) is 0.772. The first-order valence-corrected chi connectivity index (χ1v) is 7.71. The minimum absolute atomic E-state index is 0.168. The van der Waals surface area contributed by atoms with E-state index in [0.717, 1.165) is 28.3 Å². The largest absolute Gasteiger partial charge is 0.204 e. The minimum Gasteiger partial charge on any atom is -0.204 e. The van der Waals surface area contributed by atoms with Crippen LogP contribution in [0.4, 0.5) is 8.78 Å². The number of thioether (sulfide) groups is 1. The van der Waals surface area contributed by atoms with Gasteiger partial charge in [-0.1, -0.05) is 45.0 Å². The Balaban J connectivity index is 2.41. The standard InChI is InChI=1S/C18H18F2S/c1-18(2,3)16-11-8-9-14(19)17(20)13(11)10-21-15-7-5-4-6-12(15)16/h4-9,16H,10H2,1-3H3/t16-/m0/s1/i10D2. The Morgan fingerprint density at radius 3 is 2.52 bits per heavy atom. The van der Waals surface area contributed by atoms with E-state index in [2.05, 4.69) is 0 Å². The molecule has 0 N–H and O–H groups in total. The van der Waals surface area contributed by atoms with Crippen LogP contribution in [-0.2, 0) is 5.70 Å². The van der Waals surface area contributed by atoms with Gasteiger partial charge < -0.3 is 0 Å². The van der Waals surface area contributed by atoms with Crippen LogP contribution in [0.2, 0.25) is 0 Å². The van der Waals surface area contributed by atoms with Gasteiger partial charge in [-0.05, 0) is 28.7 Å². The fourth-order valence-electron chi connectivity index (χ4n) is 2.93. The molecule has 1 aliphatic rings. The zero-order valence-corrected chi connectivity index (χ0v) is 13.0. The van der Waals surface area contributed by atoms with Gasteiger partial charge in [0.1, 0.15) is 0 Å². The van der Waals surface area contributed by atoms with Crippen LogP contribution in [0.15, 0.2) is 41.3 Å². The van der Waals surface area contributed by atoms with E-state index in [1.807, 2.05) is 45.0 Å². The topological polar surface area (TPSA) is 0 Å². The summed E-state index contributed by atoms with van der Waals surface area (Å²) in [6.45, 7) is 6.10. The lowest BCUT2D eigenvalue weighted by atomic mass is 9.71. The monoisotopic (exact) mass is 306 g/mol. The summed E-state index contributed by atoms with van der Waals surface area (Å²) >= 11 is 0.947. The smallest absolute Gasteiger partial charge is 0.163 e. The van der Waals surface area contributed by atoms with Crippen molar-refractivity contribution in [2.45, 2.75) is 37.3 Å². The molecule has 1 heterocycles. The second kappa shape index (κ2) is 5.13.